The van der Waals surface area contributed by atoms with E-state index in [1.165, 1.54) is 21.5 Å². The van der Waals surface area contributed by atoms with Crippen LogP contribution in [-0.2, 0) is 17.8 Å². The van der Waals surface area contributed by atoms with Gasteiger partial charge in [0.2, 0.25) is 5.91 Å². The first kappa shape index (κ1) is 19.7. The Labute approximate surface area is 190 Å². The Morgan fingerprint density at radius 3 is 2.39 bits per heavy atom. The molecule has 3 heterocycles. The highest BCUT2D eigenvalue weighted by atomic mass is 16.2. The average Bonchev–Trinajstić information content (AvgIpc) is 3.22. The van der Waals surface area contributed by atoms with Gasteiger partial charge < -0.3 is 9.88 Å². The van der Waals surface area contributed by atoms with Crippen LogP contribution in [0.5, 0.6) is 0 Å². The maximum Gasteiger partial charge on any atom is 0.261 e. The van der Waals surface area contributed by atoms with Crippen molar-refractivity contribution in [3.63, 3.8) is 0 Å². The zero-order valence-electron chi connectivity index (χ0n) is 18.1. The number of hydrogen-bond acceptors (Lipinski definition) is 3. The second-order valence-corrected chi connectivity index (χ2v) is 8.77. The maximum absolute atomic E-state index is 13.0. The maximum atomic E-state index is 13.0. The third kappa shape index (κ3) is 3.13. The van der Waals surface area contributed by atoms with E-state index in [-0.39, 0.29) is 24.3 Å². The minimum Gasteiger partial charge on any atom is -0.358 e. The summed E-state index contributed by atoms with van der Waals surface area (Å²) in [5, 5.41) is 2.79. The van der Waals surface area contributed by atoms with Gasteiger partial charge in [0.15, 0.2) is 0 Å². The van der Waals surface area contributed by atoms with Crippen LogP contribution in [-0.4, -0.2) is 45.6 Å². The van der Waals surface area contributed by atoms with Crippen molar-refractivity contribution in [2.24, 2.45) is 0 Å². The minimum absolute atomic E-state index is 0.0605. The van der Waals surface area contributed by atoms with Crippen LogP contribution in [0.1, 0.15) is 44.8 Å². The summed E-state index contributed by atoms with van der Waals surface area (Å²) < 4.78 is 0. The number of nitrogens with zero attached hydrogens (tertiary/aromatic N) is 2. The quantitative estimate of drug-likeness (QED) is 0.484. The van der Waals surface area contributed by atoms with Gasteiger partial charge >= 0.3 is 0 Å². The molecule has 6 heteroatoms. The van der Waals surface area contributed by atoms with Gasteiger partial charge in [-0.3, -0.25) is 19.3 Å². The van der Waals surface area contributed by atoms with Crippen molar-refractivity contribution in [2.75, 3.05) is 13.1 Å². The Morgan fingerprint density at radius 2 is 1.64 bits per heavy atom. The number of carbonyl (C=O) groups excluding carboxylic acids is 3. The van der Waals surface area contributed by atoms with E-state index in [0.717, 1.165) is 22.7 Å². The molecule has 0 radical (unpaired) electrons. The number of benzene rings is 3. The van der Waals surface area contributed by atoms with Gasteiger partial charge in [0.1, 0.15) is 0 Å². The zero-order chi connectivity index (χ0) is 22.5. The molecule has 33 heavy (non-hydrogen) atoms. The Kier molecular flexibility index (Phi) is 4.54. The molecule has 0 unspecified atom stereocenters. The highest BCUT2D eigenvalue weighted by Crippen LogP contribution is 2.31. The number of fused-ring (bicyclic) bond motifs is 3. The SMILES string of the molecule is O=C(CCCN1C(=O)c2cccc3cccc(c23)C1=O)N1CCc2[nH]c3ccccc3c2C1. The van der Waals surface area contributed by atoms with Gasteiger partial charge in [0.25, 0.3) is 11.8 Å². The smallest absolute Gasteiger partial charge is 0.261 e. The third-order valence-electron chi connectivity index (χ3n) is 6.86. The molecule has 0 atom stereocenters. The summed E-state index contributed by atoms with van der Waals surface area (Å²) in [6, 6.07) is 19.2. The van der Waals surface area contributed by atoms with Crippen molar-refractivity contribution >= 4 is 39.4 Å². The molecule has 0 saturated heterocycles. The van der Waals surface area contributed by atoms with Crippen LogP contribution in [0.15, 0.2) is 60.7 Å². The Morgan fingerprint density at radius 1 is 0.909 bits per heavy atom. The van der Waals surface area contributed by atoms with E-state index in [1.807, 2.05) is 41.3 Å². The van der Waals surface area contributed by atoms with Crippen LogP contribution in [0.25, 0.3) is 21.7 Å². The predicted molar refractivity (Wildman–Crippen MR) is 126 cm³/mol. The van der Waals surface area contributed by atoms with Crippen molar-refractivity contribution in [3.05, 3.63) is 83.0 Å². The van der Waals surface area contributed by atoms with E-state index < -0.39 is 0 Å². The van der Waals surface area contributed by atoms with Crippen molar-refractivity contribution in [1.82, 2.24) is 14.8 Å². The number of H-pyrrole nitrogens is 1. The van der Waals surface area contributed by atoms with Crippen LogP contribution in [0.4, 0.5) is 0 Å². The average molecular weight is 437 g/mol. The lowest BCUT2D eigenvalue weighted by atomic mass is 9.94. The minimum atomic E-state index is -0.279. The second kappa shape index (κ2) is 7.59. The number of hydrogen-bond donors (Lipinski definition) is 1. The monoisotopic (exact) mass is 437 g/mol. The molecule has 0 fully saturated rings. The zero-order valence-corrected chi connectivity index (χ0v) is 18.1. The fraction of sp³-hybridized carbons (Fsp3) is 0.222. The number of para-hydroxylation sites is 1. The fourth-order valence-electron chi connectivity index (χ4n) is 5.21. The summed E-state index contributed by atoms with van der Waals surface area (Å²) in [6.07, 6.45) is 1.56. The topological polar surface area (TPSA) is 73.5 Å². The van der Waals surface area contributed by atoms with Gasteiger partial charge in [0.05, 0.1) is 0 Å². The molecule has 6 nitrogen and oxygen atoms in total. The molecule has 3 amide bonds. The summed E-state index contributed by atoms with van der Waals surface area (Å²) in [5.74, 6) is -0.498. The number of aromatic nitrogens is 1. The molecule has 3 aromatic carbocycles. The van der Waals surface area contributed by atoms with E-state index in [0.29, 0.717) is 37.1 Å². The third-order valence-corrected chi connectivity index (χ3v) is 6.86. The molecular formula is C27H23N3O3. The summed E-state index contributed by atoms with van der Waals surface area (Å²) >= 11 is 0. The van der Waals surface area contributed by atoms with Gasteiger partial charge in [-0.05, 0) is 30.0 Å². The first-order valence-electron chi connectivity index (χ1n) is 11.4. The predicted octanol–water partition coefficient (Wildman–Crippen LogP) is 4.28. The second-order valence-electron chi connectivity index (χ2n) is 8.77. The molecule has 6 rings (SSSR count). The molecule has 1 N–H and O–H groups in total. The van der Waals surface area contributed by atoms with Crippen LogP contribution in [0, 0.1) is 0 Å². The van der Waals surface area contributed by atoms with Crippen molar-refractivity contribution in [3.8, 4) is 0 Å². The first-order chi connectivity index (χ1) is 16.1. The molecule has 0 spiro atoms. The van der Waals surface area contributed by atoms with Gasteiger partial charge in [-0.1, -0.05) is 42.5 Å². The molecule has 164 valence electrons. The van der Waals surface area contributed by atoms with Crippen LogP contribution in [0.2, 0.25) is 0 Å². The standard InChI is InChI=1S/C27H23N3O3/c31-24(29-15-13-23-21(16-29)18-8-1-2-11-22(18)28-23)12-5-14-30-26(32)19-9-3-6-17-7-4-10-20(25(17)19)27(30)33/h1-4,6-11,28H,5,12-16H2. The highest BCUT2D eigenvalue weighted by molar-refractivity contribution is 6.25. The number of amides is 3. The summed E-state index contributed by atoms with van der Waals surface area (Å²) in [4.78, 5) is 45.7. The molecule has 2 aliphatic rings. The van der Waals surface area contributed by atoms with Gasteiger partial charge in [-0.25, -0.2) is 0 Å². The lowest BCUT2D eigenvalue weighted by Crippen LogP contribution is -2.41. The van der Waals surface area contributed by atoms with E-state index >= 15 is 0 Å². The summed E-state index contributed by atoms with van der Waals surface area (Å²) in [7, 11) is 0. The normalized spacial score (nSPS) is 15.4. The summed E-state index contributed by atoms with van der Waals surface area (Å²) in [5.41, 5.74) is 4.61. The number of aromatic amines is 1. The number of nitrogens with one attached hydrogen (secondary N) is 1. The molecule has 0 saturated carbocycles. The molecule has 0 aliphatic carbocycles. The lowest BCUT2D eigenvalue weighted by Gasteiger charge is -2.29. The van der Waals surface area contributed by atoms with Crippen LogP contribution in [0.3, 0.4) is 0 Å². The van der Waals surface area contributed by atoms with Gasteiger partial charge in [-0.15, -0.1) is 0 Å². The Bertz CT molecular complexity index is 1400. The number of carbonyl (C=O) groups is 3. The van der Waals surface area contributed by atoms with Crippen molar-refractivity contribution in [2.45, 2.75) is 25.8 Å². The van der Waals surface area contributed by atoms with Crippen molar-refractivity contribution < 1.29 is 14.4 Å². The number of imide groups is 1. The highest BCUT2D eigenvalue weighted by Gasteiger charge is 2.32. The van der Waals surface area contributed by atoms with Gasteiger partial charge in [-0.2, -0.15) is 0 Å². The van der Waals surface area contributed by atoms with E-state index in [1.54, 1.807) is 12.1 Å². The molecule has 0 bridgehead atoms. The lowest BCUT2D eigenvalue weighted by molar-refractivity contribution is -0.132. The molecule has 4 aromatic rings. The molecule has 1 aromatic heterocycles. The van der Waals surface area contributed by atoms with E-state index in [9.17, 15) is 14.4 Å². The molecule has 2 aliphatic heterocycles. The van der Waals surface area contributed by atoms with Crippen molar-refractivity contribution in [1.29, 1.82) is 0 Å². The first-order valence-corrected chi connectivity index (χ1v) is 11.4. The van der Waals surface area contributed by atoms with Crippen LogP contribution >= 0.6 is 0 Å². The fourth-order valence-corrected chi connectivity index (χ4v) is 5.21. The summed E-state index contributed by atoms with van der Waals surface area (Å²) in [6.45, 7) is 1.50. The molecular weight excluding hydrogens is 414 g/mol. The van der Waals surface area contributed by atoms with E-state index in [2.05, 4.69) is 17.1 Å². The Hall–Kier alpha value is -3.93. The van der Waals surface area contributed by atoms with Crippen LogP contribution < -0.4 is 0 Å². The largest absolute Gasteiger partial charge is 0.358 e. The Balaban J connectivity index is 1.14. The van der Waals surface area contributed by atoms with Gasteiger partial charge in [0, 0.05) is 71.1 Å². The number of rotatable bonds is 4. The van der Waals surface area contributed by atoms with E-state index in [4.69, 9.17) is 0 Å².